The lowest BCUT2D eigenvalue weighted by molar-refractivity contribution is 0.222. The van der Waals surface area contributed by atoms with Gasteiger partial charge in [0, 0.05) is 22.2 Å². The molecule has 1 aliphatic carbocycles. The summed E-state index contributed by atoms with van der Waals surface area (Å²) in [5.74, 6) is 0.200. The monoisotopic (exact) mass is 220 g/mol. The van der Waals surface area contributed by atoms with Crippen LogP contribution in [0.3, 0.4) is 0 Å². The van der Waals surface area contributed by atoms with E-state index >= 15 is 0 Å². The van der Waals surface area contributed by atoms with Gasteiger partial charge in [0.25, 0.3) is 0 Å². The quantitative estimate of drug-likeness (QED) is 0.637. The van der Waals surface area contributed by atoms with Gasteiger partial charge in [0.2, 0.25) is 0 Å². The smallest absolute Gasteiger partial charge is 0.113 e. The molecule has 0 fully saturated rings. The van der Waals surface area contributed by atoms with Gasteiger partial charge in [-0.3, -0.25) is 0 Å². The summed E-state index contributed by atoms with van der Waals surface area (Å²) in [6.07, 6.45) is 2.14. The van der Waals surface area contributed by atoms with Crippen LogP contribution < -0.4 is 0 Å². The van der Waals surface area contributed by atoms with Crippen molar-refractivity contribution in [1.82, 2.24) is 0 Å². The minimum Gasteiger partial charge on any atom is -0.246 e. The Morgan fingerprint density at radius 1 is 1.77 bits per heavy atom. The zero-order chi connectivity index (χ0) is 10.0. The third-order valence-corrected chi connectivity index (χ3v) is 3.32. The molecule has 0 saturated heterocycles. The Morgan fingerprint density at radius 3 is 2.85 bits per heavy atom. The second-order valence-corrected chi connectivity index (χ2v) is 4.58. The van der Waals surface area contributed by atoms with E-state index in [0.717, 1.165) is 6.42 Å². The summed E-state index contributed by atoms with van der Waals surface area (Å²) in [6.45, 7) is 4.09. The Labute approximate surface area is 89.2 Å². The molecule has 0 radical (unpaired) electrons. The number of hydrogen-bond acceptors (Lipinski definition) is 1. The van der Waals surface area contributed by atoms with E-state index < -0.39 is 6.17 Å². The second kappa shape index (κ2) is 4.52. The van der Waals surface area contributed by atoms with E-state index in [1.807, 2.05) is 6.92 Å². The van der Waals surface area contributed by atoms with Gasteiger partial charge in [0.1, 0.15) is 6.17 Å². The van der Waals surface area contributed by atoms with Crippen molar-refractivity contribution in [1.29, 1.82) is 0 Å². The summed E-state index contributed by atoms with van der Waals surface area (Å²) in [6, 6.07) is 0. The number of hydrogen-bond donors (Lipinski definition) is 0. The second-order valence-electron chi connectivity index (χ2n) is 3.63. The molecule has 0 spiro atoms. The van der Waals surface area contributed by atoms with E-state index in [4.69, 9.17) is 23.8 Å². The van der Waals surface area contributed by atoms with E-state index in [1.54, 1.807) is 6.08 Å². The van der Waals surface area contributed by atoms with Crippen LogP contribution in [0, 0.1) is 11.8 Å². The van der Waals surface area contributed by atoms with Crippen molar-refractivity contribution < 1.29 is 4.39 Å². The highest BCUT2D eigenvalue weighted by molar-refractivity contribution is 7.80. The van der Waals surface area contributed by atoms with Gasteiger partial charge in [0.15, 0.2) is 0 Å². The molecule has 0 aromatic heterocycles. The van der Waals surface area contributed by atoms with Crippen LogP contribution in [-0.2, 0) is 0 Å². The summed E-state index contributed by atoms with van der Waals surface area (Å²) in [5.41, 5.74) is 0. The highest BCUT2D eigenvalue weighted by Gasteiger charge is 2.32. The van der Waals surface area contributed by atoms with Gasteiger partial charge in [-0.25, -0.2) is 4.39 Å². The average molecular weight is 221 g/mol. The zero-order valence-electron chi connectivity index (χ0n) is 7.89. The van der Waals surface area contributed by atoms with Gasteiger partial charge in [-0.05, 0) is 12.0 Å². The molecular weight excluding hydrogens is 207 g/mol. The highest BCUT2D eigenvalue weighted by Crippen LogP contribution is 2.33. The lowest BCUT2D eigenvalue weighted by atomic mass is 9.81. The third-order valence-electron chi connectivity index (χ3n) is 2.66. The Kier molecular flexibility index (Phi) is 3.87. The van der Waals surface area contributed by atoms with Crippen molar-refractivity contribution in [3.05, 3.63) is 11.1 Å². The third kappa shape index (κ3) is 2.50. The van der Waals surface area contributed by atoms with E-state index in [9.17, 15) is 4.39 Å². The van der Waals surface area contributed by atoms with Gasteiger partial charge in [-0.2, -0.15) is 0 Å². The topological polar surface area (TPSA) is 0 Å². The molecule has 1 rings (SSSR count). The minimum atomic E-state index is -0.889. The molecule has 1 aliphatic rings. The zero-order valence-corrected chi connectivity index (χ0v) is 9.46. The fourth-order valence-electron chi connectivity index (χ4n) is 1.69. The predicted molar refractivity (Wildman–Crippen MR) is 59.0 cm³/mol. The maximum atomic E-state index is 13.6. The van der Waals surface area contributed by atoms with Crippen molar-refractivity contribution >= 4 is 28.7 Å². The first kappa shape index (κ1) is 11.1. The molecule has 3 heteroatoms. The summed E-state index contributed by atoms with van der Waals surface area (Å²) in [4.78, 5) is 0.679. The van der Waals surface area contributed by atoms with Crippen LogP contribution in [0.2, 0.25) is 0 Å². The van der Waals surface area contributed by atoms with Crippen molar-refractivity contribution in [3.8, 4) is 0 Å². The molecule has 74 valence electrons. The molecular formula is C10H14ClFS. The van der Waals surface area contributed by atoms with Crippen molar-refractivity contribution in [3.63, 3.8) is 0 Å². The molecule has 3 unspecified atom stereocenters. The molecule has 0 aromatic rings. The Morgan fingerprint density at radius 2 is 2.38 bits per heavy atom. The van der Waals surface area contributed by atoms with Gasteiger partial charge in [0.05, 0.1) is 0 Å². The maximum Gasteiger partial charge on any atom is 0.113 e. The summed E-state index contributed by atoms with van der Waals surface area (Å²) in [7, 11) is 0. The summed E-state index contributed by atoms with van der Waals surface area (Å²) in [5, 5.41) is 0.553. The molecule has 0 N–H and O–H groups in total. The molecule has 13 heavy (non-hydrogen) atoms. The largest absolute Gasteiger partial charge is 0.246 e. The molecule has 0 bridgehead atoms. The standard InChI is InChI=1S/C10H14ClFS/c1-3-6(2)10-8(12)4-7(11)5-9(10)13/h5-6,8,10H,3-4H2,1-2H3. The Balaban J connectivity index is 2.80. The normalized spacial score (nSPS) is 31.4. The molecule has 0 nitrogen and oxygen atoms in total. The molecule has 0 aromatic carbocycles. The van der Waals surface area contributed by atoms with Crippen LogP contribution in [0.25, 0.3) is 0 Å². The fourth-order valence-corrected chi connectivity index (χ4v) is 2.54. The number of thiocarbonyl (C=S) groups is 1. The first-order chi connectivity index (χ1) is 6.06. The molecule has 0 heterocycles. The van der Waals surface area contributed by atoms with Crippen molar-refractivity contribution in [2.75, 3.05) is 0 Å². The fraction of sp³-hybridized carbons (Fsp3) is 0.700. The Hall–Kier alpha value is 0.0500. The van der Waals surface area contributed by atoms with E-state index in [1.165, 1.54) is 0 Å². The van der Waals surface area contributed by atoms with E-state index in [0.29, 0.717) is 22.2 Å². The van der Waals surface area contributed by atoms with Gasteiger partial charge < -0.3 is 0 Å². The van der Waals surface area contributed by atoms with Crippen LogP contribution >= 0.6 is 23.8 Å². The van der Waals surface area contributed by atoms with Crippen LogP contribution in [0.5, 0.6) is 0 Å². The van der Waals surface area contributed by atoms with Crippen LogP contribution in [0.15, 0.2) is 11.1 Å². The van der Waals surface area contributed by atoms with Crippen molar-refractivity contribution in [2.45, 2.75) is 32.9 Å². The van der Waals surface area contributed by atoms with Gasteiger partial charge in [-0.15, -0.1) is 0 Å². The van der Waals surface area contributed by atoms with Gasteiger partial charge in [-0.1, -0.05) is 44.1 Å². The molecule has 0 amide bonds. The SMILES string of the molecule is CCC(C)C1C(=S)C=C(Cl)CC1F. The maximum absolute atomic E-state index is 13.6. The number of alkyl halides is 1. The Bertz CT molecular complexity index is 237. The molecule has 0 saturated carbocycles. The molecule has 0 aliphatic heterocycles. The summed E-state index contributed by atoms with van der Waals surface area (Å²) >= 11 is 10.9. The number of halogens is 2. The number of allylic oxidation sites excluding steroid dienone is 2. The van der Waals surface area contributed by atoms with Crippen LogP contribution in [-0.4, -0.2) is 11.0 Å². The van der Waals surface area contributed by atoms with Crippen LogP contribution in [0.4, 0.5) is 4.39 Å². The molecule has 3 atom stereocenters. The lowest BCUT2D eigenvalue weighted by Crippen LogP contribution is -2.31. The average Bonchev–Trinajstić information content (AvgIpc) is 2.02. The highest BCUT2D eigenvalue weighted by atomic mass is 35.5. The first-order valence-electron chi connectivity index (χ1n) is 4.60. The van der Waals surface area contributed by atoms with E-state index in [2.05, 4.69) is 6.92 Å². The van der Waals surface area contributed by atoms with Crippen molar-refractivity contribution in [2.24, 2.45) is 11.8 Å². The number of rotatable bonds is 2. The summed E-state index contributed by atoms with van der Waals surface area (Å²) < 4.78 is 13.6. The minimum absolute atomic E-state index is 0.109. The van der Waals surface area contributed by atoms with Gasteiger partial charge >= 0.3 is 0 Å². The predicted octanol–water partition coefficient (Wildman–Crippen LogP) is 3.88. The van der Waals surface area contributed by atoms with E-state index in [-0.39, 0.29) is 5.92 Å². The van der Waals surface area contributed by atoms with Crippen LogP contribution in [0.1, 0.15) is 26.7 Å². The lowest BCUT2D eigenvalue weighted by Gasteiger charge is -2.29. The first-order valence-corrected chi connectivity index (χ1v) is 5.38.